The van der Waals surface area contributed by atoms with Crippen LogP contribution >= 0.6 is 7.82 Å². The van der Waals surface area contributed by atoms with E-state index in [2.05, 4.69) is 38.1 Å². The minimum atomic E-state index is -4.64. The highest BCUT2D eigenvalue weighted by molar-refractivity contribution is 7.45. The minimum Gasteiger partial charge on any atom is -0.313 e. The Hall–Kier alpha value is -1.20. The lowest BCUT2D eigenvalue weighted by Crippen LogP contribution is -2.29. The van der Waals surface area contributed by atoms with Crippen LogP contribution in [0.3, 0.4) is 0 Å². The average molecular weight is 331 g/mol. The molecule has 0 aliphatic rings. The van der Waals surface area contributed by atoms with Gasteiger partial charge in [-0.2, -0.15) is 0 Å². The van der Waals surface area contributed by atoms with E-state index in [1.165, 1.54) is 5.56 Å². The summed E-state index contributed by atoms with van der Waals surface area (Å²) < 4.78 is 8.88. The largest absolute Gasteiger partial charge is 0.466 e. The molecule has 1 aromatic rings. The van der Waals surface area contributed by atoms with Gasteiger partial charge in [-0.1, -0.05) is 32.9 Å². The van der Waals surface area contributed by atoms with E-state index in [1.54, 1.807) is 0 Å². The first-order chi connectivity index (χ1) is 10.1. The number of phosphoric acid groups is 1. The van der Waals surface area contributed by atoms with Gasteiger partial charge in [0, 0.05) is 18.7 Å². The highest BCUT2D eigenvalue weighted by Crippen LogP contribution is 2.25. The Morgan fingerprint density at radius 1 is 1.14 bits per heavy atom. The summed E-state index contributed by atoms with van der Waals surface area (Å²) in [5, 5.41) is 0. The van der Waals surface area contributed by atoms with E-state index >= 15 is 0 Å². The Morgan fingerprint density at radius 3 is 1.91 bits per heavy atom. The molecule has 0 heterocycles. The molecule has 0 saturated heterocycles. The molecule has 7 heteroatoms. The van der Waals surface area contributed by atoms with Crippen molar-refractivity contribution in [2.24, 2.45) is 5.92 Å². The molecule has 126 valence electrons. The van der Waals surface area contributed by atoms with Crippen LogP contribution in [0.4, 0.5) is 5.69 Å². The van der Waals surface area contributed by atoms with Crippen LogP contribution in [0, 0.1) is 5.92 Å². The van der Waals surface area contributed by atoms with Crippen molar-refractivity contribution in [2.75, 3.05) is 11.4 Å². The van der Waals surface area contributed by atoms with Gasteiger partial charge >= 0.3 is 7.82 Å². The second-order valence-corrected chi connectivity index (χ2v) is 6.30. The van der Waals surface area contributed by atoms with Crippen molar-refractivity contribution in [3.05, 3.63) is 29.8 Å². The third-order valence-electron chi connectivity index (χ3n) is 2.81. The molecule has 22 heavy (non-hydrogen) atoms. The lowest BCUT2D eigenvalue weighted by molar-refractivity contribution is -0.118. The number of amides is 1. The van der Waals surface area contributed by atoms with E-state index in [-0.39, 0.29) is 5.91 Å². The smallest absolute Gasteiger partial charge is 0.313 e. The van der Waals surface area contributed by atoms with Gasteiger partial charge in [0.2, 0.25) is 5.91 Å². The van der Waals surface area contributed by atoms with Crippen LogP contribution in [-0.2, 0) is 15.8 Å². The van der Waals surface area contributed by atoms with Crippen molar-refractivity contribution < 1.29 is 24.0 Å². The molecule has 0 aliphatic carbocycles. The Kier molecular flexibility index (Phi) is 9.21. The van der Waals surface area contributed by atoms with Crippen LogP contribution in [0.15, 0.2) is 24.3 Å². The molecule has 0 aliphatic heterocycles. The summed E-state index contributed by atoms with van der Waals surface area (Å²) in [6, 6.07) is 8.35. The third-order valence-corrected chi connectivity index (χ3v) is 2.81. The summed E-state index contributed by atoms with van der Waals surface area (Å²) in [5.74, 6) is 0.851. The van der Waals surface area contributed by atoms with Crippen LogP contribution in [0.1, 0.15) is 39.7 Å². The summed E-state index contributed by atoms with van der Waals surface area (Å²) in [6.07, 6.45) is 1.65. The Bertz CT molecular complexity index is 487. The minimum absolute atomic E-state index is 0.184. The number of carbonyl (C=O) groups is 1. The standard InChI is InChI=1S/C15H23NO.H3O4P/c1-5-15(17)16(6-2)14-9-7-13(8-10-14)11-12(3)4;1-5(2,3)4/h7-10,12H,5-6,11H2,1-4H3;(H3,1,2,3,4). The number of nitrogens with zero attached hydrogens (tertiary/aromatic N) is 1. The number of anilines is 1. The Balaban J connectivity index is 0.000000763. The molecule has 1 aromatic carbocycles. The predicted molar refractivity (Wildman–Crippen MR) is 87.6 cm³/mol. The van der Waals surface area contributed by atoms with Gasteiger partial charge < -0.3 is 19.6 Å². The van der Waals surface area contributed by atoms with Crippen molar-refractivity contribution in [1.29, 1.82) is 0 Å². The average Bonchev–Trinajstić information content (AvgIpc) is 2.38. The summed E-state index contributed by atoms with van der Waals surface area (Å²) >= 11 is 0. The molecule has 0 aromatic heterocycles. The number of benzene rings is 1. The Labute approximate surface area is 132 Å². The SMILES string of the molecule is CCC(=O)N(CC)c1ccc(CC(C)C)cc1.O=P(O)(O)O. The van der Waals surface area contributed by atoms with Gasteiger partial charge in [0.25, 0.3) is 0 Å². The molecular weight excluding hydrogens is 305 g/mol. The van der Waals surface area contributed by atoms with Crippen molar-refractivity contribution in [3.8, 4) is 0 Å². The molecule has 0 fully saturated rings. The van der Waals surface area contributed by atoms with Crippen molar-refractivity contribution in [1.82, 2.24) is 0 Å². The van der Waals surface area contributed by atoms with E-state index < -0.39 is 7.82 Å². The molecule has 0 bridgehead atoms. The van der Waals surface area contributed by atoms with Gasteiger partial charge in [-0.15, -0.1) is 0 Å². The zero-order chi connectivity index (χ0) is 17.3. The number of rotatable bonds is 5. The molecule has 0 unspecified atom stereocenters. The van der Waals surface area contributed by atoms with Crippen molar-refractivity contribution in [2.45, 2.75) is 40.5 Å². The van der Waals surface area contributed by atoms with Crippen LogP contribution in [-0.4, -0.2) is 27.1 Å². The molecule has 0 spiro atoms. The summed E-state index contributed by atoms with van der Waals surface area (Å²) in [4.78, 5) is 35.1. The molecule has 0 radical (unpaired) electrons. The van der Waals surface area contributed by atoms with E-state index in [9.17, 15) is 4.79 Å². The third kappa shape index (κ3) is 9.68. The lowest BCUT2D eigenvalue weighted by Gasteiger charge is -2.20. The first kappa shape index (κ1) is 20.8. The summed E-state index contributed by atoms with van der Waals surface area (Å²) in [5.41, 5.74) is 2.34. The van der Waals surface area contributed by atoms with Crippen LogP contribution < -0.4 is 4.90 Å². The maximum absolute atomic E-state index is 11.7. The van der Waals surface area contributed by atoms with E-state index in [4.69, 9.17) is 19.2 Å². The Morgan fingerprint density at radius 2 is 1.59 bits per heavy atom. The molecule has 0 atom stereocenters. The number of carbonyl (C=O) groups excluding carboxylic acids is 1. The molecule has 6 nitrogen and oxygen atoms in total. The van der Waals surface area contributed by atoms with Gasteiger partial charge in [-0.3, -0.25) is 4.79 Å². The zero-order valence-corrected chi connectivity index (χ0v) is 14.5. The maximum atomic E-state index is 11.7. The topological polar surface area (TPSA) is 98.1 Å². The fourth-order valence-electron chi connectivity index (χ4n) is 1.98. The molecular formula is C15H26NO5P. The van der Waals surface area contributed by atoms with E-state index in [0.717, 1.165) is 18.7 Å². The molecule has 3 N–H and O–H groups in total. The summed E-state index contributed by atoms with van der Waals surface area (Å²) in [7, 11) is -4.64. The van der Waals surface area contributed by atoms with Gasteiger partial charge in [0.05, 0.1) is 0 Å². The lowest BCUT2D eigenvalue weighted by atomic mass is 10.0. The first-order valence-corrected chi connectivity index (χ1v) is 8.82. The van der Waals surface area contributed by atoms with Gasteiger partial charge in [0.1, 0.15) is 0 Å². The second-order valence-electron chi connectivity index (χ2n) is 5.27. The van der Waals surface area contributed by atoms with Crippen LogP contribution in [0.25, 0.3) is 0 Å². The van der Waals surface area contributed by atoms with Crippen LogP contribution in [0.2, 0.25) is 0 Å². The quantitative estimate of drug-likeness (QED) is 0.721. The normalized spacial score (nSPS) is 10.9. The van der Waals surface area contributed by atoms with Gasteiger partial charge in [-0.05, 0) is 37.0 Å². The molecule has 0 saturated carbocycles. The maximum Gasteiger partial charge on any atom is 0.466 e. The second kappa shape index (κ2) is 9.74. The predicted octanol–water partition coefficient (Wildman–Crippen LogP) is 2.72. The van der Waals surface area contributed by atoms with Crippen LogP contribution in [0.5, 0.6) is 0 Å². The first-order valence-electron chi connectivity index (χ1n) is 7.26. The van der Waals surface area contributed by atoms with Crippen molar-refractivity contribution in [3.63, 3.8) is 0 Å². The van der Waals surface area contributed by atoms with Gasteiger partial charge in [-0.25, -0.2) is 4.57 Å². The van der Waals surface area contributed by atoms with Gasteiger partial charge in [0.15, 0.2) is 0 Å². The summed E-state index contributed by atoms with van der Waals surface area (Å²) in [6.45, 7) is 9.07. The fourth-order valence-corrected chi connectivity index (χ4v) is 1.98. The highest BCUT2D eigenvalue weighted by Gasteiger charge is 2.11. The monoisotopic (exact) mass is 331 g/mol. The fraction of sp³-hybridized carbons (Fsp3) is 0.533. The molecule has 1 rings (SSSR count). The number of hydrogen-bond donors (Lipinski definition) is 3. The van der Waals surface area contributed by atoms with E-state index in [1.807, 2.05) is 18.7 Å². The number of hydrogen-bond acceptors (Lipinski definition) is 2. The van der Waals surface area contributed by atoms with Crippen molar-refractivity contribution >= 4 is 19.4 Å². The molecule has 1 amide bonds. The van der Waals surface area contributed by atoms with E-state index in [0.29, 0.717) is 12.3 Å². The highest BCUT2D eigenvalue weighted by atomic mass is 31.2. The zero-order valence-electron chi connectivity index (χ0n) is 13.6.